The molecule has 0 bridgehead atoms. The minimum Gasteiger partial charge on any atom is -0.378 e. The molecule has 0 radical (unpaired) electrons. The Hall–Kier alpha value is -0.120. The summed E-state index contributed by atoms with van der Waals surface area (Å²) < 4.78 is 5.67. The lowest BCUT2D eigenvalue weighted by molar-refractivity contribution is -0.0387. The first-order valence-electron chi connectivity index (χ1n) is 6.92. The lowest BCUT2D eigenvalue weighted by Crippen LogP contribution is -2.52. The molecule has 4 unspecified atom stereocenters. The highest BCUT2D eigenvalue weighted by Crippen LogP contribution is 2.31. The zero-order valence-electron chi connectivity index (χ0n) is 10.3. The second-order valence-electron chi connectivity index (χ2n) is 5.73. The second kappa shape index (κ2) is 4.63. The van der Waals surface area contributed by atoms with E-state index in [0.717, 1.165) is 24.6 Å². The monoisotopic (exact) mass is 224 g/mol. The minimum atomic E-state index is 0.466. The van der Waals surface area contributed by atoms with Gasteiger partial charge in [-0.2, -0.15) is 0 Å². The topological polar surface area (TPSA) is 24.5 Å². The Labute approximate surface area is 98.5 Å². The van der Waals surface area contributed by atoms with Gasteiger partial charge in [-0.15, -0.1) is 0 Å². The fourth-order valence-corrected chi connectivity index (χ4v) is 3.83. The maximum absolute atomic E-state index is 5.67. The first kappa shape index (κ1) is 11.0. The van der Waals surface area contributed by atoms with E-state index in [1.54, 1.807) is 0 Å². The molecular weight excluding hydrogens is 200 g/mol. The molecule has 92 valence electrons. The first-order valence-corrected chi connectivity index (χ1v) is 6.92. The van der Waals surface area contributed by atoms with Gasteiger partial charge in [-0.05, 0) is 51.6 Å². The van der Waals surface area contributed by atoms with Gasteiger partial charge in [-0.3, -0.25) is 4.90 Å². The van der Waals surface area contributed by atoms with E-state index in [1.807, 2.05) is 0 Å². The van der Waals surface area contributed by atoms with Crippen LogP contribution in [0.3, 0.4) is 0 Å². The fourth-order valence-electron chi connectivity index (χ4n) is 3.83. The third-order valence-electron chi connectivity index (χ3n) is 4.65. The Morgan fingerprint density at radius 3 is 3.06 bits per heavy atom. The number of nitrogens with one attached hydrogen (secondary N) is 1. The van der Waals surface area contributed by atoms with Crippen molar-refractivity contribution in [2.45, 2.75) is 50.8 Å². The Morgan fingerprint density at radius 1 is 1.25 bits per heavy atom. The van der Waals surface area contributed by atoms with E-state index in [1.165, 1.54) is 45.3 Å². The predicted octanol–water partition coefficient (Wildman–Crippen LogP) is 1.24. The summed E-state index contributed by atoms with van der Waals surface area (Å²) >= 11 is 0. The highest BCUT2D eigenvalue weighted by atomic mass is 16.5. The summed E-state index contributed by atoms with van der Waals surface area (Å²) in [6.45, 7) is 6.98. The molecule has 0 aromatic carbocycles. The lowest BCUT2D eigenvalue weighted by Gasteiger charge is -2.44. The maximum Gasteiger partial charge on any atom is 0.0561 e. The molecule has 0 saturated carbocycles. The minimum absolute atomic E-state index is 0.466. The van der Waals surface area contributed by atoms with Crippen molar-refractivity contribution in [2.75, 3.05) is 26.2 Å². The first-order chi connectivity index (χ1) is 7.84. The van der Waals surface area contributed by atoms with Gasteiger partial charge in [0.25, 0.3) is 0 Å². The molecule has 3 fully saturated rings. The molecule has 16 heavy (non-hydrogen) atoms. The van der Waals surface area contributed by atoms with Crippen molar-refractivity contribution in [1.82, 2.24) is 10.2 Å². The lowest BCUT2D eigenvalue weighted by atomic mass is 9.88. The average Bonchev–Trinajstić information content (AvgIpc) is 2.76. The number of rotatable bonds is 1. The van der Waals surface area contributed by atoms with Crippen molar-refractivity contribution in [3.05, 3.63) is 0 Å². The second-order valence-corrected chi connectivity index (χ2v) is 5.73. The van der Waals surface area contributed by atoms with E-state index in [0.29, 0.717) is 6.10 Å². The van der Waals surface area contributed by atoms with Gasteiger partial charge in [0.2, 0.25) is 0 Å². The molecule has 3 saturated heterocycles. The molecule has 3 heterocycles. The van der Waals surface area contributed by atoms with Crippen LogP contribution < -0.4 is 5.32 Å². The van der Waals surface area contributed by atoms with Gasteiger partial charge in [0.1, 0.15) is 0 Å². The van der Waals surface area contributed by atoms with E-state index in [4.69, 9.17) is 4.74 Å². The highest BCUT2D eigenvalue weighted by molar-refractivity contribution is 4.95. The fraction of sp³-hybridized carbons (Fsp3) is 1.00. The maximum atomic E-state index is 5.67. The summed E-state index contributed by atoms with van der Waals surface area (Å²) in [7, 11) is 0. The van der Waals surface area contributed by atoms with Crippen LogP contribution >= 0.6 is 0 Å². The Bertz CT molecular complexity index is 246. The normalized spacial score (nSPS) is 45.6. The quantitative estimate of drug-likeness (QED) is 0.725. The van der Waals surface area contributed by atoms with Crippen LogP contribution in [0.25, 0.3) is 0 Å². The zero-order valence-corrected chi connectivity index (χ0v) is 10.3. The van der Waals surface area contributed by atoms with Gasteiger partial charge in [0.15, 0.2) is 0 Å². The molecule has 0 amide bonds. The van der Waals surface area contributed by atoms with E-state index >= 15 is 0 Å². The summed E-state index contributed by atoms with van der Waals surface area (Å²) in [5.74, 6) is 0.923. The predicted molar refractivity (Wildman–Crippen MR) is 64.5 cm³/mol. The van der Waals surface area contributed by atoms with Crippen molar-refractivity contribution in [1.29, 1.82) is 0 Å². The van der Waals surface area contributed by atoms with Crippen molar-refractivity contribution in [2.24, 2.45) is 5.92 Å². The number of hydrogen-bond acceptors (Lipinski definition) is 3. The number of likely N-dealkylation sites (tertiary alicyclic amines) is 1. The molecule has 3 aliphatic rings. The highest BCUT2D eigenvalue weighted by Gasteiger charge is 2.39. The largest absolute Gasteiger partial charge is 0.378 e. The van der Waals surface area contributed by atoms with E-state index in [9.17, 15) is 0 Å². The smallest absolute Gasteiger partial charge is 0.0561 e. The van der Waals surface area contributed by atoms with E-state index < -0.39 is 0 Å². The number of hydrogen-bond donors (Lipinski definition) is 1. The molecule has 3 rings (SSSR count). The standard InChI is InChI=1S/C13H24N2O/c1-10-7-12(4-6-16-10)15-5-2-3-11-8-14-9-13(11)15/h10-14H,2-9H2,1H3. The molecule has 3 nitrogen and oxygen atoms in total. The van der Waals surface area contributed by atoms with Crippen LogP contribution in [-0.4, -0.2) is 49.3 Å². The van der Waals surface area contributed by atoms with Crippen LogP contribution in [0.2, 0.25) is 0 Å². The average molecular weight is 224 g/mol. The SMILES string of the molecule is CC1CC(N2CCCC3CNCC32)CCO1. The van der Waals surface area contributed by atoms with Crippen molar-refractivity contribution >= 4 is 0 Å². The van der Waals surface area contributed by atoms with Crippen molar-refractivity contribution in [3.8, 4) is 0 Å². The van der Waals surface area contributed by atoms with Crippen LogP contribution in [-0.2, 0) is 4.74 Å². The number of fused-ring (bicyclic) bond motifs is 1. The Morgan fingerprint density at radius 2 is 2.19 bits per heavy atom. The third kappa shape index (κ3) is 2.01. The van der Waals surface area contributed by atoms with Gasteiger partial charge in [-0.25, -0.2) is 0 Å². The van der Waals surface area contributed by atoms with Gasteiger partial charge < -0.3 is 10.1 Å². The summed E-state index contributed by atoms with van der Waals surface area (Å²) in [4.78, 5) is 2.80. The third-order valence-corrected chi connectivity index (χ3v) is 4.65. The van der Waals surface area contributed by atoms with Gasteiger partial charge in [0, 0.05) is 25.2 Å². The van der Waals surface area contributed by atoms with Gasteiger partial charge in [0.05, 0.1) is 6.10 Å². The molecule has 0 aromatic rings. The van der Waals surface area contributed by atoms with Gasteiger partial charge in [-0.1, -0.05) is 0 Å². The molecule has 3 aliphatic heterocycles. The molecule has 0 aromatic heterocycles. The van der Waals surface area contributed by atoms with E-state index in [-0.39, 0.29) is 0 Å². The summed E-state index contributed by atoms with van der Waals surface area (Å²) in [5, 5.41) is 3.57. The molecule has 1 N–H and O–H groups in total. The molecule has 4 atom stereocenters. The van der Waals surface area contributed by atoms with Crippen LogP contribution in [0.15, 0.2) is 0 Å². The Balaban J connectivity index is 1.67. The molecule has 0 spiro atoms. The van der Waals surface area contributed by atoms with Crippen molar-refractivity contribution < 1.29 is 4.74 Å². The van der Waals surface area contributed by atoms with Crippen LogP contribution in [0.1, 0.15) is 32.6 Å². The number of nitrogens with zero attached hydrogens (tertiary/aromatic N) is 1. The summed E-state index contributed by atoms with van der Waals surface area (Å²) in [5.41, 5.74) is 0. The van der Waals surface area contributed by atoms with Crippen LogP contribution in [0.4, 0.5) is 0 Å². The summed E-state index contributed by atoms with van der Waals surface area (Å²) in [6.07, 6.45) is 5.78. The van der Waals surface area contributed by atoms with E-state index in [2.05, 4.69) is 17.1 Å². The number of piperidine rings is 1. The van der Waals surface area contributed by atoms with Crippen LogP contribution in [0.5, 0.6) is 0 Å². The van der Waals surface area contributed by atoms with Crippen LogP contribution in [0, 0.1) is 5.92 Å². The van der Waals surface area contributed by atoms with Crippen molar-refractivity contribution in [3.63, 3.8) is 0 Å². The molecule has 3 heteroatoms. The molecular formula is C13H24N2O. The van der Waals surface area contributed by atoms with Gasteiger partial charge >= 0.3 is 0 Å². The Kier molecular flexibility index (Phi) is 3.18. The molecule has 0 aliphatic carbocycles. The summed E-state index contributed by atoms with van der Waals surface area (Å²) in [6, 6.07) is 1.61. The zero-order chi connectivity index (χ0) is 11.0. The number of ether oxygens (including phenoxy) is 1.